The number of ether oxygens (including phenoxy) is 1. The molecular formula is C21H22N4O4. The number of amides is 2. The Morgan fingerprint density at radius 2 is 1.76 bits per heavy atom. The number of benzene rings is 2. The van der Waals surface area contributed by atoms with Gasteiger partial charge in [-0.1, -0.05) is 36.8 Å². The Kier molecular flexibility index (Phi) is 5.92. The molecule has 1 heterocycles. The number of hydrazine groups is 1. The number of hydrogen-bond acceptors (Lipinski definition) is 5. The largest absolute Gasteiger partial charge is 0.496 e. The first kappa shape index (κ1) is 20.1. The second-order valence-electron chi connectivity index (χ2n) is 6.53. The second kappa shape index (κ2) is 8.55. The predicted octanol–water partition coefficient (Wildman–Crippen LogP) is 2.20. The van der Waals surface area contributed by atoms with Crippen molar-refractivity contribution in [1.29, 1.82) is 0 Å². The smallest absolute Gasteiger partial charge is 0.290 e. The van der Waals surface area contributed by atoms with Gasteiger partial charge in [0.05, 0.1) is 18.1 Å². The Balaban J connectivity index is 1.89. The number of nitrogens with one attached hydrogen (secondary N) is 2. The summed E-state index contributed by atoms with van der Waals surface area (Å²) in [5.74, 6) is -0.751. The molecule has 29 heavy (non-hydrogen) atoms. The van der Waals surface area contributed by atoms with E-state index in [2.05, 4.69) is 16.0 Å². The van der Waals surface area contributed by atoms with E-state index < -0.39 is 11.8 Å². The lowest BCUT2D eigenvalue weighted by Crippen LogP contribution is -2.43. The first-order chi connectivity index (χ1) is 14.0. The highest BCUT2D eigenvalue weighted by Gasteiger charge is 2.18. The van der Waals surface area contributed by atoms with Crippen molar-refractivity contribution in [3.63, 3.8) is 0 Å². The van der Waals surface area contributed by atoms with Gasteiger partial charge < -0.3 is 4.74 Å². The molecule has 0 bridgehead atoms. The van der Waals surface area contributed by atoms with Crippen LogP contribution in [-0.4, -0.2) is 28.7 Å². The van der Waals surface area contributed by atoms with E-state index in [-0.39, 0.29) is 11.3 Å². The molecule has 2 N–H and O–H groups in total. The highest BCUT2D eigenvalue weighted by molar-refractivity contribution is 6.06. The summed E-state index contributed by atoms with van der Waals surface area (Å²) >= 11 is 0. The van der Waals surface area contributed by atoms with E-state index in [0.717, 1.165) is 5.56 Å². The van der Waals surface area contributed by atoms with Crippen molar-refractivity contribution in [2.45, 2.75) is 26.8 Å². The lowest BCUT2D eigenvalue weighted by molar-refractivity contribution is 0.0842. The number of fused-ring (bicyclic) bond motifs is 1. The molecule has 0 saturated carbocycles. The van der Waals surface area contributed by atoms with Gasteiger partial charge in [0.1, 0.15) is 5.75 Å². The van der Waals surface area contributed by atoms with Gasteiger partial charge in [0.2, 0.25) is 0 Å². The number of carbonyl (C=O) groups is 2. The third kappa shape index (κ3) is 4.11. The van der Waals surface area contributed by atoms with Crippen molar-refractivity contribution in [2.24, 2.45) is 0 Å². The first-order valence-electron chi connectivity index (χ1n) is 9.21. The monoisotopic (exact) mass is 394 g/mol. The zero-order valence-corrected chi connectivity index (χ0v) is 16.5. The second-order valence-corrected chi connectivity index (χ2v) is 6.53. The van der Waals surface area contributed by atoms with Gasteiger partial charge in [0.25, 0.3) is 17.4 Å². The van der Waals surface area contributed by atoms with Gasteiger partial charge in [-0.2, -0.15) is 5.10 Å². The SMILES string of the molecule is CCCn1nc(C(=O)NNC(=O)c2cc(C)ccc2OC)c2ccccc2c1=O. The molecule has 0 spiro atoms. The molecule has 0 saturated heterocycles. The summed E-state index contributed by atoms with van der Waals surface area (Å²) in [4.78, 5) is 37.8. The van der Waals surface area contributed by atoms with E-state index in [9.17, 15) is 14.4 Å². The minimum atomic E-state index is -0.619. The van der Waals surface area contributed by atoms with Crippen LogP contribution < -0.4 is 21.1 Å². The maximum atomic E-state index is 12.7. The van der Waals surface area contributed by atoms with Crippen molar-refractivity contribution in [3.05, 3.63) is 69.6 Å². The quantitative estimate of drug-likeness (QED) is 0.646. The molecule has 3 rings (SSSR count). The Morgan fingerprint density at radius 3 is 2.45 bits per heavy atom. The molecular weight excluding hydrogens is 372 g/mol. The number of rotatable bonds is 5. The summed E-state index contributed by atoms with van der Waals surface area (Å²) in [5, 5.41) is 5.02. The molecule has 2 amide bonds. The standard InChI is InChI=1S/C21H22N4O4/c1-4-11-25-21(28)15-8-6-5-7-14(15)18(24-25)20(27)23-22-19(26)16-12-13(2)9-10-17(16)29-3/h5-10,12H,4,11H2,1-3H3,(H,22,26)(H,23,27). The maximum Gasteiger partial charge on any atom is 0.290 e. The lowest BCUT2D eigenvalue weighted by Gasteiger charge is -2.13. The normalized spacial score (nSPS) is 10.6. The minimum absolute atomic E-state index is 0.0603. The number of methoxy groups -OCH3 is 1. The molecule has 0 aliphatic rings. The van der Waals surface area contributed by atoms with E-state index in [4.69, 9.17) is 4.74 Å². The van der Waals surface area contributed by atoms with E-state index in [1.807, 2.05) is 19.9 Å². The topological polar surface area (TPSA) is 102 Å². The first-order valence-corrected chi connectivity index (χ1v) is 9.21. The van der Waals surface area contributed by atoms with Crippen LogP contribution in [0.4, 0.5) is 0 Å². The summed E-state index contributed by atoms with van der Waals surface area (Å²) in [6.07, 6.45) is 0.691. The van der Waals surface area contributed by atoms with E-state index in [1.165, 1.54) is 11.8 Å². The van der Waals surface area contributed by atoms with E-state index in [0.29, 0.717) is 35.1 Å². The summed E-state index contributed by atoms with van der Waals surface area (Å²) in [5.41, 5.74) is 5.73. The van der Waals surface area contributed by atoms with Gasteiger partial charge in [0.15, 0.2) is 5.69 Å². The number of aromatic nitrogens is 2. The van der Waals surface area contributed by atoms with Crippen molar-refractivity contribution in [1.82, 2.24) is 20.6 Å². The van der Waals surface area contributed by atoms with E-state index >= 15 is 0 Å². The third-order valence-electron chi connectivity index (χ3n) is 4.41. The highest BCUT2D eigenvalue weighted by Crippen LogP contribution is 2.19. The van der Waals surface area contributed by atoms with Gasteiger partial charge in [-0.25, -0.2) is 4.68 Å². The molecule has 3 aromatic rings. The van der Waals surface area contributed by atoms with Crippen LogP contribution in [0.15, 0.2) is 47.3 Å². The molecule has 0 aliphatic carbocycles. The molecule has 8 heteroatoms. The van der Waals surface area contributed by atoms with Crippen LogP contribution in [-0.2, 0) is 6.54 Å². The summed E-state index contributed by atoms with van der Waals surface area (Å²) in [6.45, 7) is 4.15. The Labute approximate surface area is 167 Å². The Hall–Kier alpha value is -3.68. The maximum absolute atomic E-state index is 12.7. The average molecular weight is 394 g/mol. The van der Waals surface area contributed by atoms with Crippen LogP contribution in [0.3, 0.4) is 0 Å². The van der Waals surface area contributed by atoms with Crippen molar-refractivity contribution >= 4 is 22.6 Å². The fourth-order valence-electron chi connectivity index (χ4n) is 3.01. The fourth-order valence-corrected chi connectivity index (χ4v) is 3.01. The lowest BCUT2D eigenvalue weighted by atomic mass is 10.1. The number of aryl methyl sites for hydroxylation is 2. The summed E-state index contributed by atoms with van der Waals surface area (Å²) < 4.78 is 6.47. The van der Waals surface area contributed by atoms with Gasteiger partial charge in [-0.05, 0) is 31.5 Å². The van der Waals surface area contributed by atoms with Crippen molar-refractivity contribution in [3.8, 4) is 5.75 Å². The van der Waals surface area contributed by atoms with Gasteiger partial charge in [-0.15, -0.1) is 0 Å². The van der Waals surface area contributed by atoms with Crippen LogP contribution in [0.5, 0.6) is 5.75 Å². The van der Waals surface area contributed by atoms with Gasteiger partial charge >= 0.3 is 0 Å². The molecule has 0 atom stereocenters. The number of carbonyl (C=O) groups excluding carboxylic acids is 2. The molecule has 150 valence electrons. The molecule has 1 aromatic heterocycles. The van der Waals surface area contributed by atoms with Crippen LogP contribution >= 0.6 is 0 Å². The molecule has 0 aliphatic heterocycles. The molecule has 0 radical (unpaired) electrons. The van der Waals surface area contributed by atoms with Crippen molar-refractivity contribution in [2.75, 3.05) is 7.11 Å². The zero-order chi connectivity index (χ0) is 21.0. The van der Waals surface area contributed by atoms with E-state index in [1.54, 1.807) is 36.4 Å². The third-order valence-corrected chi connectivity index (χ3v) is 4.41. The van der Waals surface area contributed by atoms with Gasteiger partial charge in [-0.3, -0.25) is 25.2 Å². The van der Waals surface area contributed by atoms with Crippen LogP contribution in [0.2, 0.25) is 0 Å². The van der Waals surface area contributed by atoms with Crippen LogP contribution in [0.1, 0.15) is 39.8 Å². The highest BCUT2D eigenvalue weighted by atomic mass is 16.5. The van der Waals surface area contributed by atoms with Crippen LogP contribution in [0, 0.1) is 6.92 Å². The Morgan fingerprint density at radius 1 is 1.07 bits per heavy atom. The Bertz CT molecular complexity index is 1140. The fraction of sp³-hybridized carbons (Fsp3) is 0.238. The predicted molar refractivity (Wildman–Crippen MR) is 109 cm³/mol. The summed E-state index contributed by atoms with van der Waals surface area (Å²) in [6, 6.07) is 11.9. The molecule has 0 fully saturated rings. The minimum Gasteiger partial charge on any atom is -0.496 e. The zero-order valence-electron chi connectivity index (χ0n) is 16.5. The average Bonchev–Trinajstić information content (AvgIpc) is 2.74. The molecule has 2 aromatic carbocycles. The summed E-state index contributed by atoms with van der Waals surface area (Å²) in [7, 11) is 1.47. The van der Waals surface area contributed by atoms with Crippen LogP contribution in [0.25, 0.3) is 10.8 Å². The van der Waals surface area contributed by atoms with Crippen molar-refractivity contribution < 1.29 is 14.3 Å². The number of hydrogen-bond donors (Lipinski definition) is 2. The number of nitrogens with zero attached hydrogens (tertiary/aromatic N) is 2. The van der Waals surface area contributed by atoms with Gasteiger partial charge in [0, 0.05) is 11.9 Å². The molecule has 8 nitrogen and oxygen atoms in total. The molecule has 0 unspecified atom stereocenters.